The minimum Gasteiger partial charge on any atom is -0.325 e. The fourth-order valence-corrected chi connectivity index (χ4v) is 1.91. The third-order valence-electron chi connectivity index (χ3n) is 2.55. The van der Waals surface area contributed by atoms with Crippen molar-refractivity contribution in [3.63, 3.8) is 0 Å². The number of nitrogen functional groups attached to an aromatic ring is 1. The summed E-state index contributed by atoms with van der Waals surface area (Å²) < 4.78 is 13.3. The van der Waals surface area contributed by atoms with Crippen LogP contribution >= 0.6 is 11.6 Å². The van der Waals surface area contributed by atoms with Crippen molar-refractivity contribution < 1.29 is 4.39 Å². The van der Waals surface area contributed by atoms with Gasteiger partial charge in [-0.2, -0.15) is 4.98 Å². The van der Waals surface area contributed by atoms with Gasteiger partial charge < -0.3 is 4.90 Å². The minimum absolute atomic E-state index is 0.245. The van der Waals surface area contributed by atoms with E-state index in [0.29, 0.717) is 23.1 Å². The van der Waals surface area contributed by atoms with Crippen LogP contribution in [0.3, 0.4) is 0 Å². The highest BCUT2D eigenvalue weighted by Crippen LogP contribution is 2.30. The van der Waals surface area contributed by atoms with Crippen LogP contribution in [0.25, 0.3) is 0 Å². The summed E-state index contributed by atoms with van der Waals surface area (Å²) in [4.78, 5) is 9.87. The second kappa shape index (κ2) is 5.81. The summed E-state index contributed by atoms with van der Waals surface area (Å²) in [7, 11) is 0. The van der Waals surface area contributed by atoms with Gasteiger partial charge in [0, 0.05) is 12.2 Å². The van der Waals surface area contributed by atoms with Gasteiger partial charge in [-0.05, 0) is 25.1 Å². The minimum atomic E-state index is -0.321. The Morgan fingerprint density at radius 2 is 2.26 bits per heavy atom. The molecule has 100 valence electrons. The highest BCUT2D eigenvalue weighted by atomic mass is 35.5. The number of aromatic nitrogens is 2. The Morgan fingerprint density at radius 1 is 1.47 bits per heavy atom. The lowest BCUT2D eigenvalue weighted by Crippen LogP contribution is -2.20. The molecule has 0 unspecified atom stereocenters. The zero-order chi connectivity index (χ0) is 13.8. The SMILES string of the molecule is CCN(c1cccc(F)c1)c1nc(NN)ncc1Cl. The summed E-state index contributed by atoms with van der Waals surface area (Å²) in [5, 5.41) is 0.366. The van der Waals surface area contributed by atoms with Gasteiger partial charge in [-0.3, -0.25) is 5.43 Å². The van der Waals surface area contributed by atoms with Gasteiger partial charge in [0.15, 0.2) is 5.82 Å². The van der Waals surface area contributed by atoms with Gasteiger partial charge >= 0.3 is 0 Å². The van der Waals surface area contributed by atoms with Crippen LogP contribution in [-0.2, 0) is 0 Å². The Morgan fingerprint density at radius 3 is 2.89 bits per heavy atom. The molecule has 0 aliphatic rings. The summed E-state index contributed by atoms with van der Waals surface area (Å²) in [5.41, 5.74) is 3.01. The topological polar surface area (TPSA) is 67.1 Å². The van der Waals surface area contributed by atoms with E-state index in [1.165, 1.54) is 18.3 Å². The molecule has 0 aliphatic carbocycles. The first-order chi connectivity index (χ1) is 9.15. The molecule has 19 heavy (non-hydrogen) atoms. The summed E-state index contributed by atoms with van der Waals surface area (Å²) in [6.45, 7) is 2.49. The molecule has 1 aromatic heterocycles. The molecule has 2 rings (SSSR count). The Bertz CT molecular complexity index is 578. The van der Waals surface area contributed by atoms with Crippen molar-refractivity contribution in [2.45, 2.75) is 6.92 Å². The maximum absolute atomic E-state index is 13.3. The number of benzene rings is 1. The molecule has 0 saturated heterocycles. The van der Waals surface area contributed by atoms with E-state index in [-0.39, 0.29) is 11.8 Å². The molecule has 0 atom stereocenters. The number of hydrogen-bond acceptors (Lipinski definition) is 5. The first-order valence-corrected chi connectivity index (χ1v) is 6.05. The first kappa shape index (κ1) is 13.5. The number of halogens is 2. The molecule has 0 aliphatic heterocycles. The number of hydrazine groups is 1. The molecule has 3 N–H and O–H groups in total. The van der Waals surface area contributed by atoms with Gasteiger partial charge in [0.25, 0.3) is 0 Å². The van der Waals surface area contributed by atoms with Crippen molar-refractivity contribution in [2.24, 2.45) is 5.84 Å². The fourth-order valence-electron chi connectivity index (χ4n) is 1.72. The molecule has 5 nitrogen and oxygen atoms in total. The smallest absolute Gasteiger partial charge is 0.239 e. The number of nitrogens with one attached hydrogen (secondary N) is 1. The fraction of sp³-hybridized carbons (Fsp3) is 0.167. The van der Waals surface area contributed by atoms with Gasteiger partial charge in [0.1, 0.15) is 10.8 Å². The van der Waals surface area contributed by atoms with E-state index >= 15 is 0 Å². The molecule has 0 saturated carbocycles. The van der Waals surface area contributed by atoms with Gasteiger partial charge in [-0.25, -0.2) is 15.2 Å². The molecule has 0 radical (unpaired) electrons. The van der Waals surface area contributed by atoms with E-state index in [1.807, 2.05) is 6.92 Å². The average molecular weight is 282 g/mol. The summed E-state index contributed by atoms with van der Waals surface area (Å²) >= 11 is 6.09. The van der Waals surface area contributed by atoms with E-state index in [4.69, 9.17) is 17.4 Å². The van der Waals surface area contributed by atoms with Crippen LogP contribution in [0.2, 0.25) is 5.02 Å². The van der Waals surface area contributed by atoms with Crippen LogP contribution in [0.1, 0.15) is 6.92 Å². The zero-order valence-corrected chi connectivity index (χ0v) is 11.0. The molecule has 0 bridgehead atoms. The van der Waals surface area contributed by atoms with E-state index in [9.17, 15) is 4.39 Å². The van der Waals surface area contributed by atoms with Crippen LogP contribution in [0.5, 0.6) is 0 Å². The number of nitrogens with zero attached hydrogens (tertiary/aromatic N) is 3. The van der Waals surface area contributed by atoms with Gasteiger partial charge in [0.05, 0.1) is 6.20 Å². The normalized spacial score (nSPS) is 10.3. The highest BCUT2D eigenvalue weighted by molar-refractivity contribution is 6.33. The number of hydrogen-bond donors (Lipinski definition) is 2. The second-order valence-electron chi connectivity index (χ2n) is 3.73. The number of rotatable bonds is 4. The summed E-state index contributed by atoms with van der Waals surface area (Å²) in [6, 6.07) is 6.20. The molecule has 0 spiro atoms. The van der Waals surface area contributed by atoms with E-state index in [1.54, 1.807) is 17.0 Å². The number of anilines is 3. The quantitative estimate of drug-likeness (QED) is 0.666. The van der Waals surface area contributed by atoms with Crippen molar-refractivity contribution in [2.75, 3.05) is 16.9 Å². The third kappa shape index (κ3) is 2.91. The zero-order valence-electron chi connectivity index (χ0n) is 10.3. The Kier molecular flexibility index (Phi) is 4.13. The molecule has 2 aromatic rings. The highest BCUT2D eigenvalue weighted by Gasteiger charge is 2.14. The number of nitrogens with two attached hydrogens (primary N) is 1. The predicted molar refractivity (Wildman–Crippen MR) is 73.9 cm³/mol. The summed E-state index contributed by atoms with van der Waals surface area (Å²) in [5.74, 6) is 5.67. The molecular weight excluding hydrogens is 269 g/mol. The van der Waals surface area contributed by atoms with Crippen molar-refractivity contribution in [3.8, 4) is 0 Å². The lowest BCUT2D eigenvalue weighted by molar-refractivity contribution is 0.627. The Hall–Kier alpha value is -1.92. The van der Waals surface area contributed by atoms with Crippen molar-refractivity contribution >= 4 is 29.1 Å². The van der Waals surface area contributed by atoms with Gasteiger partial charge in [-0.15, -0.1) is 0 Å². The predicted octanol–water partition coefficient (Wildman–Crippen LogP) is 2.71. The Labute approximate surface area is 115 Å². The molecule has 0 fully saturated rings. The maximum atomic E-state index is 13.3. The van der Waals surface area contributed by atoms with E-state index in [2.05, 4.69) is 15.4 Å². The van der Waals surface area contributed by atoms with Crippen molar-refractivity contribution in [1.29, 1.82) is 0 Å². The molecule has 7 heteroatoms. The molecular formula is C12H13ClFN5. The van der Waals surface area contributed by atoms with Crippen molar-refractivity contribution in [1.82, 2.24) is 9.97 Å². The molecule has 0 amide bonds. The first-order valence-electron chi connectivity index (χ1n) is 5.68. The van der Waals surface area contributed by atoms with Crippen molar-refractivity contribution in [3.05, 3.63) is 41.3 Å². The molecule has 1 heterocycles. The van der Waals surface area contributed by atoms with Crippen LogP contribution in [-0.4, -0.2) is 16.5 Å². The van der Waals surface area contributed by atoms with Gasteiger partial charge in [0.2, 0.25) is 5.95 Å². The average Bonchev–Trinajstić information content (AvgIpc) is 2.42. The monoisotopic (exact) mass is 281 g/mol. The standard InChI is InChI=1S/C12H13ClFN5/c1-2-19(9-5-3-4-8(14)6-9)11-10(13)7-16-12(17-11)18-15/h3-7H,2,15H2,1H3,(H,16,17,18). The van der Waals surface area contributed by atoms with Crippen LogP contribution in [0, 0.1) is 5.82 Å². The van der Waals surface area contributed by atoms with E-state index in [0.717, 1.165) is 0 Å². The second-order valence-corrected chi connectivity index (χ2v) is 4.14. The summed E-state index contributed by atoms with van der Waals surface area (Å²) in [6.07, 6.45) is 1.45. The van der Waals surface area contributed by atoms with Crippen LogP contribution in [0.4, 0.5) is 21.8 Å². The lowest BCUT2D eigenvalue weighted by atomic mass is 10.2. The van der Waals surface area contributed by atoms with Crippen LogP contribution in [0.15, 0.2) is 30.5 Å². The largest absolute Gasteiger partial charge is 0.325 e. The molecule has 1 aromatic carbocycles. The maximum Gasteiger partial charge on any atom is 0.239 e. The third-order valence-corrected chi connectivity index (χ3v) is 2.81. The van der Waals surface area contributed by atoms with E-state index < -0.39 is 0 Å². The van der Waals surface area contributed by atoms with Gasteiger partial charge in [-0.1, -0.05) is 17.7 Å². The lowest BCUT2D eigenvalue weighted by Gasteiger charge is -2.23. The Balaban J connectivity index is 2.47. The van der Waals surface area contributed by atoms with Crippen LogP contribution < -0.4 is 16.2 Å².